The van der Waals surface area contributed by atoms with Gasteiger partial charge in [0.1, 0.15) is 12.5 Å². The molecule has 0 spiro atoms. The first-order valence-corrected chi connectivity index (χ1v) is 6.06. The Balaban J connectivity index is 3.91. The molecule has 0 heterocycles. The van der Waals surface area contributed by atoms with Gasteiger partial charge in [0.25, 0.3) is 0 Å². The minimum absolute atomic E-state index is 0.553. The summed E-state index contributed by atoms with van der Waals surface area (Å²) in [6.45, 7) is 4.93. The van der Waals surface area contributed by atoms with Gasteiger partial charge in [0, 0.05) is 26.8 Å². The molecule has 0 atom stereocenters. The third-order valence-corrected chi connectivity index (χ3v) is 3.48. The first kappa shape index (κ1) is 12.9. The average Bonchev–Trinajstić information content (AvgIpc) is 2.23. The summed E-state index contributed by atoms with van der Waals surface area (Å²) < 4.78 is 19.7. The van der Waals surface area contributed by atoms with Crippen molar-refractivity contribution in [1.29, 1.82) is 0 Å². The lowest BCUT2D eigenvalue weighted by atomic mass is 10.7. The van der Waals surface area contributed by atoms with Crippen molar-refractivity contribution >= 4 is 14.8 Å². The molecular weight excluding hydrogens is 204 g/mol. The van der Waals surface area contributed by atoms with Gasteiger partial charge >= 0.3 is 14.8 Å². The van der Waals surface area contributed by atoms with E-state index in [0.29, 0.717) is 0 Å². The van der Waals surface area contributed by atoms with Crippen molar-refractivity contribution < 1.29 is 22.8 Å². The van der Waals surface area contributed by atoms with Gasteiger partial charge in [-0.25, -0.2) is 4.79 Å². The topological polar surface area (TPSA) is 54.0 Å². The molecule has 0 aliphatic carbocycles. The highest BCUT2D eigenvalue weighted by Gasteiger charge is 2.32. The molecule has 0 amide bonds. The molecule has 0 fully saturated rings. The number of rotatable bonds is 6. The van der Waals surface area contributed by atoms with E-state index in [4.69, 9.17) is 13.3 Å². The molecule has 0 aromatic carbocycles. The standard InChI is InChI=1S/C8H14O5Si/c1-5-8(9)12-6-7-13-14(4,10-2)11-3/h5-7H,1H2,2-4H3/b7-6+. The largest absolute Gasteiger partial charge is 0.561 e. The first-order valence-electron chi connectivity index (χ1n) is 3.84. The molecule has 0 aromatic rings. The van der Waals surface area contributed by atoms with Crippen LogP contribution in [-0.4, -0.2) is 29.0 Å². The predicted octanol–water partition coefficient (Wildman–Crippen LogP) is 1.06. The minimum atomic E-state index is -2.58. The van der Waals surface area contributed by atoms with Gasteiger partial charge in [0.15, 0.2) is 0 Å². The number of esters is 1. The Labute approximate surface area is 84.3 Å². The highest BCUT2D eigenvalue weighted by molar-refractivity contribution is 6.59. The highest BCUT2D eigenvalue weighted by Crippen LogP contribution is 2.06. The average molecular weight is 218 g/mol. The van der Waals surface area contributed by atoms with Crippen LogP contribution in [0.15, 0.2) is 25.2 Å². The number of ether oxygens (including phenoxy) is 1. The molecule has 0 aliphatic heterocycles. The van der Waals surface area contributed by atoms with Gasteiger partial charge < -0.3 is 18.0 Å². The Bertz CT molecular complexity index is 222. The smallest absolute Gasteiger partial charge is 0.504 e. The third-order valence-electron chi connectivity index (χ3n) is 1.43. The molecule has 0 radical (unpaired) electrons. The molecule has 6 heteroatoms. The van der Waals surface area contributed by atoms with Crippen LogP contribution in [0.25, 0.3) is 0 Å². The molecular formula is C8H14O5Si. The van der Waals surface area contributed by atoms with Crippen molar-refractivity contribution in [2.75, 3.05) is 14.2 Å². The molecule has 5 nitrogen and oxygen atoms in total. The highest BCUT2D eigenvalue weighted by atomic mass is 28.4. The van der Waals surface area contributed by atoms with Crippen molar-refractivity contribution in [3.8, 4) is 0 Å². The molecule has 80 valence electrons. The molecule has 0 N–H and O–H groups in total. The summed E-state index contributed by atoms with van der Waals surface area (Å²) in [7, 11) is 0.387. The molecule has 0 aromatic heterocycles. The zero-order valence-corrected chi connectivity index (χ0v) is 9.48. The van der Waals surface area contributed by atoms with E-state index in [1.165, 1.54) is 20.5 Å². The summed E-state index contributed by atoms with van der Waals surface area (Å²) in [6.07, 6.45) is 3.36. The quantitative estimate of drug-likeness (QED) is 0.289. The SMILES string of the molecule is C=CC(=O)O/C=C/O[Si](C)(OC)OC. The van der Waals surface area contributed by atoms with Gasteiger partial charge in [-0.15, -0.1) is 0 Å². The summed E-state index contributed by atoms with van der Waals surface area (Å²) in [5, 5.41) is 0. The van der Waals surface area contributed by atoms with Crippen molar-refractivity contribution in [3.63, 3.8) is 0 Å². The van der Waals surface area contributed by atoms with Crippen molar-refractivity contribution in [2.24, 2.45) is 0 Å². The maximum absolute atomic E-state index is 10.6. The number of carbonyl (C=O) groups is 1. The predicted molar refractivity (Wildman–Crippen MR) is 52.2 cm³/mol. The molecule has 0 saturated heterocycles. The van der Waals surface area contributed by atoms with Gasteiger partial charge in [0.05, 0.1) is 0 Å². The monoisotopic (exact) mass is 218 g/mol. The van der Waals surface area contributed by atoms with Crippen molar-refractivity contribution in [2.45, 2.75) is 6.55 Å². The van der Waals surface area contributed by atoms with E-state index in [2.05, 4.69) is 11.3 Å². The van der Waals surface area contributed by atoms with E-state index in [0.717, 1.165) is 12.3 Å². The summed E-state index contributed by atoms with van der Waals surface area (Å²) >= 11 is 0. The van der Waals surface area contributed by atoms with E-state index < -0.39 is 14.8 Å². The van der Waals surface area contributed by atoms with Crippen LogP contribution in [0.5, 0.6) is 0 Å². The van der Waals surface area contributed by atoms with Crippen LogP contribution in [0.3, 0.4) is 0 Å². The maximum atomic E-state index is 10.6. The summed E-state index contributed by atoms with van der Waals surface area (Å²) in [5.74, 6) is -0.553. The zero-order chi connectivity index (χ0) is 11.0. The van der Waals surface area contributed by atoms with E-state index in [1.807, 2.05) is 0 Å². The third kappa shape index (κ3) is 4.80. The van der Waals surface area contributed by atoms with E-state index >= 15 is 0 Å². The normalized spacial score (nSPS) is 11.4. The second-order valence-corrected chi connectivity index (χ2v) is 5.08. The van der Waals surface area contributed by atoms with Crippen LogP contribution in [-0.2, 0) is 22.8 Å². The molecule has 0 saturated carbocycles. The van der Waals surface area contributed by atoms with Gasteiger partial charge in [-0.1, -0.05) is 6.58 Å². The van der Waals surface area contributed by atoms with Crippen LogP contribution in [0, 0.1) is 0 Å². The minimum Gasteiger partial charge on any atom is -0.504 e. The fourth-order valence-electron chi connectivity index (χ4n) is 0.474. The summed E-state index contributed by atoms with van der Waals surface area (Å²) in [4.78, 5) is 10.6. The van der Waals surface area contributed by atoms with E-state index in [9.17, 15) is 4.79 Å². The second kappa shape index (κ2) is 6.36. The van der Waals surface area contributed by atoms with Crippen LogP contribution in [0.4, 0.5) is 0 Å². The van der Waals surface area contributed by atoms with E-state index in [1.54, 1.807) is 6.55 Å². The van der Waals surface area contributed by atoms with E-state index in [-0.39, 0.29) is 0 Å². The molecule has 14 heavy (non-hydrogen) atoms. The number of hydrogen-bond donors (Lipinski definition) is 0. The fourth-order valence-corrected chi connectivity index (χ4v) is 1.14. The van der Waals surface area contributed by atoms with Crippen LogP contribution in [0.2, 0.25) is 6.55 Å². The first-order chi connectivity index (χ1) is 6.58. The Morgan fingerprint density at radius 1 is 1.29 bits per heavy atom. The molecule has 0 unspecified atom stereocenters. The van der Waals surface area contributed by atoms with Crippen LogP contribution < -0.4 is 0 Å². The summed E-state index contributed by atoms with van der Waals surface area (Å²) in [6, 6.07) is 0. The van der Waals surface area contributed by atoms with Gasteiger partial charge in [-0.2, -0.15) is 0 Å². The van der Waals surface area contributed by atoms with Crippen molar-refractivity contribution in [3.05, 3.63) is 25.2 Å². The Morgan fingerprint density at radius 3 is 2.29 bits per heavy atom. The summed E-state index contributed by atoms with van der Waals surface area (Å²) in [5.41, 5.74) is 0. The number of carbonyl (C=O) groups excluding carboxylic acids is 1. The Kier molecular flexibility index (Phi) is 5.85. The van der Waals surface area contributed by atoms with Crippen molar-refractivity contribution in [1.82, 2.24) is 0 Å². The van der Waals surface area contributed by atoms with Crippen LogP contribution >= 0.6 is 0 Å². The molecule has 0 aliphatic rings. The lowest BCUT2D eigenvalue weighted by Crippen LogP contribution is -2.38. The zero-order valence-electron chi connectivity index (χ0n) is 8.48. The molecule has 0 bridgehead atoms. The molecule has 0 rings (SSSR count). The van der Waals surface area contributed by atoms with Gasteiger partial charge in [0.2, 0.25) is 0 Å². The van der Waals surface area contributed by atoms with Gasteiger partial charge in [-0.3, -0.25) is 0 Å². The number of hydrogen-bond acceptors (Lipinski definition) is 5. The fraction of sp³-hybridized carbons (Fsp3) is 0.375. The maximum Gasteiger partial charge on any atom is 0.561 e. The Hall–Kier alpha value is -1.11. The van der Waals surface area contributed by atoms with Gasteiger partial charge in [-0.05, 0) is 0 Å². The lowest BCUT2D eigenvalue weighted by Gasteiger charge is -2.19. The Morgan fingerprint density at radius 2 is 1.86 bits per heavy atom. The lowest BCUT2D eigenvalue weighted by molar-refractivity contribution is -0.132. The van der Waals surface area contributed by atoms with Crippen LogP contribution in [0.1, 0.15) is 0 Å². The second-order valence-electron chi connectivity index (χ2n) is 2.30.